The van der Waals surface area contributed by atoms with Gasteiger partial charge < -0.3 is 15.5 Å². The first kappa shape index (κ1) is 10.1. The molecule has 1 heterocycles. The van der Waals surface area contributed by atoms with Crippen molar-refractivity contribution in [3.63, 3.8) is 0 Å². The number of amides is 1. The number of aromatic nitrogens is 1. The summed E-state index contributed by atoms with van der Waals surface area (Å²) >= 11 is 1.32. The molecule has 0 saturated carbocycles. The molecule has 13 heavy (non-hydrogen) atoms. The first-order valence-corrected chi connectivity index (χ1v) is 4.63. The summed E-state index contributed by atoms with van der Waals surface area (Å²) in [4.78, 5) is 14.9. The molecule has 0 aliphatic carbocycles. The number of aliphatic hydroxyl groups is 2. The van der Waals surface area contributed by atoms with Crippen molar-refractivity contribution in [1.82, 2.24) is 10.3 Å². The van der Waals surface area contributed by atoms with Crippen molar-refractivity contribution >= 4 is 17.2 Å². The van der Waals surface area contributed by atoms with E-state index in [0.717, 1.165) is 0 Å². The van der Waals surface area contributed by atoms with E-state index in [-0.39, 0.29) is 19.1 Å². The van der Waals surface area contributed by atoms with E-state index in [1.807, 2.05) is 0 Å². The molecule has 0 fully saturated rings. The third kappa shape index (κ3) is 3.10. The Kier molecular flexibility index (Phi) is 3.81. The van der Waals surface area contributed by atoms with Crippen LogP contribution in [0.25, 0.3) is 0 Å². The van der Waals surface area contributed by atoms with Gasteiger partial charge in [-0.2, -0.15) is 0 Å². The minimum absolute atomic E-state index is 0.0346. The Morgan fingerprint density at radius 1 is 1.77 bits per heavy atom. The zero-order chi connectivity index (χ0) is 9.68. The molecule has 3 N–H and O–H groups in total. The van der Waals surface area contributed by atoms with E-state index < -0.39 is 6.10 Å². The minimum atomic E-state index is -0.914. The van der Waals surface area contributed by atoms with E-state index in [4.69, 9.17) is 10.2 Å². The molecule has 0 radical (unpaired) electrons. The maximum Gasteiger partial charge on any atom is 0.270 e. The quantitative estimate of drug-likeness (QED) is 0.598. The minimum Gasteiger partial charge on any atom is -0.394 e. The van der Waals surface area contributed by atoms with Crippen molar-refractivity contribution in [2.75, 3.05) is 13.2 Å². The number of carbonyl (C=O) groups excluding carboxylic acids is 1. The molecule has 1 rings (SSSR count). The molecule has 6 heteroatoms. The number of nitrogens with one attached hydrogen (secondary N) is 1. The van der Waals surface area contributed by atoms with E-state index >= 15 is 0 Å². The second kappa shape index (κ2) is 4.90. The van der Waals surface area contributed by atoms with Gasteiger partial charge >= 0.3 is 0 Å². The molecular weight excluding hydrogens is 192 g/mol. The third-order valence-corrected chi connectivity index (χ3v) is 1.96. The Morgan fingerprint density at radius 3 is 3.08 bits per heavy atom. The molecule has 0 bridgehead atoms. The molecule has 0 spiro atoms. The number of hydrogen-bond acceptors (Lipinski definition) is 5. The van der Waals surface area contributed by atoms with Crippen LogP contribution < -0.4 is 5.32 Å². The average Bonchev–Trinajstić information content (AvgIpc) is 2.66. The van der Waals surface area contributed by atoms with Gasteiger partial charge in [0.1, 0.15) is 5.69 Å². The molecule has 5 nitrogen and oxygen atoms in total. The molecule has 1 aromatic rings. The zero-order valence-corrected chi connectivity index (χ0v) is 7.62. The Labute approximate surface area is 79.1 Å². The summed E-state index contributed by atoms with van der Waals surface area (Å²) in [5.41, 5.74) is 1.88. The fourth-order valence-electron chi connectivity index (χ4n) is 0.690. The van der Waals surface area contributed by atoms with Crippen LogP contribution in [0, 0.1) is 0 Å². The SMILES string of the molecule is O=C(NCC(O)CO)c1cscn1. The lowest BCUT2D eigenvalue weighted by molar-refractivity contribution is 0.0799. The lowest BCUT2D eigenvalue weighted by atomic mass is 10.3. The third-order valence-electron chi connectivity index (χ3n) is 1.37. The molecule has 1 amide bonds. The van der Waals surface area contributed by atoms with E-state index in [9.17, 15) is 4.79 Å². The van der Waals surface area contributed by atoms with Crippen LogP contribution in [0.3, 0.4) is 0 Å². The van der Waals surface area contributed by atoms with Gasteiger partial charge in [0.15, 0.2) is 0 Å². The van der Waals surface area contributed by atoms with Crippen molar-refractivity contribution < 1.29 is 15.0 Å². The predicted octanol–water partition coefficient (Wildman–Crippen LogP) is -0.774. The van der Waals surface area contributed by atoms with Crippen molar-refractivity contribution in [3.05, 3.63) is 16.6 Å². The van der Waals surface area contributed by atoms with Crippen molar-refractivity contribution in [1.29, 1.82) is 0 Å². The van der Waals surface area contributed by atoms with Gasteiger partial charge in [0, 0.05) is 11.9 Å². The predicted molar refractivity (Wildman–Crippen MR) is 47.5 cm³/mol. The zero-order valence-electron chi connectivity index (χ0n) is 6.80. The monoisotopic (exact) mass is 202 g/mol. The maximum absolute atomic E-state index is 11.2. The van der Waals surface area contributed by atoms with E-state index in [1.165, 1.54) is 11.3 Å². The van der Waals surface area contributed by atoms with Crippen LogP contribution in [0.1, 0.15) is 10.5 Å². The fourth-order valence-corrected chi connectivity index (χ4v) is 1.22. The normalized spacial score (nSPS) is 12.5. The van der Waals surface area contributed by atoms with Gasteiger partial charge in [-0.15, -0.1) is 11.3 Å². The Balaban J connectivity index is 2.35. The van der Waals surface area contributed by atoms with E-state index in [0.29, 0.717) is 5.69 Å². The van der Waals surface area contributed by atoms with Crippen LogP contribution in [0.4, 0.5) is 0 Å². The molecule has 0 saturated heterocycles. The Morgan fingerprint density at radius 2 is 2.54 bits per heavy atom. The summed E-state index contributed by atoms with van der Waals surface area (Å²) in [7, 11) is 0. The van der Waals surface area contributed by atoms with Crippen LogP contribution >= 0.6 is 11.3 Å². The van der Waals surface area contributed by atoms with Gasteiger partial charge in [-0.1, -0.05) is 0 Å². The van der Waals surface area contributed by atoms with E-state index in [1.54, 1.807) is 10.9 Å². The maximum atomic E-state index is 11.2. The number of rotatable bonds is 4. The molecule has 1 atom stereocenters. The van der Waals surface area contributed by atoms with Gasteiger partial charge in [-0.05, 0) is 0 Å². The number of carbonyl (C=O) groups is 1. The molecule has 0 aliphatic heterocycles. The lowest BCUT2D eigenvalue weighted by Crippen LogP contribution is -2.33. The van der Waals surface area contributed by atoms with Crippen molar-refractivity contribution in [3.8, 4) is 0 Å². The van der Waals surface area contributed by atoms with Crippen LogP contribution in [-0.2, 0) is 0 Å². The highest BCUT2D eigenvalue weighted by molar-refractivity contribution is 7.07. The van der Waals surface area contributed by atoms with Gasteiger partial charge in [0.05, 0.1) is 18.2 Å². The largest absolute Gasteiger partial charge is 0.394 e. The van der Waals surface area contributed by atoms with Crippen LogP contribution in [0.5, 0.6) is 0 Å². The molecule has 0 aromatic carbocycles. The molecule has 1 unspecified atom stereocenters. The fraction of sp³-hybridized carbons (Fsp3) is 0.429. The van der Waals surface area contributed by atoms with Gasteiger partial charge in [-0.3, -0.25) is 4.79 Å². The number of hydrogen-bond donors (Lipinski definition) is 3. The average molecular weight is 202 g/mol. The second-order valence-electron chi connectivity index (χ2n) is 2.42. The molecular formula is C7H10N2O3S. The summed E-state index contributed by atoms with van der Waals surface area (Å²) < 4.78 is 0. The molecule has 0 aliphatic rings. The van der Waals surface area contributed by atoms with Crippen LogP contribution in [0.2, 0.25) is 0 Å². The first-order valence-electron chi connectivity index (χ1n) is 3.69. The van der Waals surface area contributed by atoms with Gasteiger partial charge in [0.25, 0.3) is 5.91 Å². The summed E-state index contributed by atoms with van der Waals surface area (Å²) in [6, 6.07) is 0. The lowest BCUT2D eigenvalue weighted by Gasteiger charge is -2.07. The number of nitrogens with zero attached hydrogens (tertiary/aromatic N) is 1. The first-order chi connectivity index (χ1) is 6.24. The Bertz CT molecular complexity index is 263. The molecule has 1 aromatic heterocycles. The summed E-state index contributed by atoms with van der Waals surface area (Å²) in [6.45, 7) is -0.329. The molecule has 72 valence electrons. The summed E-state index contributed by atoms with van der Waals surface area (Å²) in [5, 5.41) is 21.4. The number of aliphatic hydroxyl groups excluding tert-OH is 2. The number of thiazole rings is 1. The highest BCUT2D eigenvalue weighted by Gasteiger charge is 2.08. The Hall–Kier alpha value is -0.980. The van der Waals surface area contributed by atoms with Gasteiger partial charge in [0.2, 0.25) is 0 Å². The van der Waals surface area contributed by atoms with Crippen molar-refractivity contribution in [2.45, 2.75) is 6.10 Å². The van der Waals surface area contributed by atoms with Gasteiger partial charge in [-0.25, -0.2) is 4.98 Å². The summed E-state index contributed by atoms with van der Waals surface area (Å²) in [5.74, 6) is -0.339. The van der Waals surface area contributed by atoms with Crippen LogP contribution in [-0.4, -0.2) is 40.4 Å². The van der Waals surface area contributed by atoms with Crippen molar-refractivity contribution in [2.24, 2.45) is 0 Å². The second-order valence-corrected chi connectivity index (χ2v) is 3.14. The highest BCUT2D eigenvalue weighted by Crippen LogP contribution is 1.99. The topological polar surface area (TPSA) is 82.5 Å². The smallest absolute Gasteiger partial charge is 0.270 e. The summed E-state index contributed by atoms with van der Waals surface area (Å²) in [6.07, 6.45) is -0.914. The van der Waals surface area contributed by atoms with E-state index in [2.05, 4.69) is 10.3 Å². The standard InChI is InChI=1S/C7H10N2O3S/c10-2-5(11)1-8-7(12)6-3-13-4-9-6/h3-5,10-11H,1-2H2,(H,8,12). The highest BCUT2D eigenvalue weighted by atomic mass is 32.1. The van der Waals surface area contributed by atoms with Crippen LogP contribution in [0.15, 0.2) is 10.9 Å².